The van der Waals surface area contributed by atoms with Gasteiger partial charge in [-0.15, -0.1) is 0 Å². The van der Waals surface area contributed by atoms with Crippen molar-refractivity contribution in [2.24, 2.45) is 5.92 Å². The van der Waals surface area contributed by atoms with Crippen LogP contribution >= 0.6 is 0 Å². The molecule has 1 atom stereocenters. The molecule has 4 nitrogen and oxygen atoms in total. The highest BCUT2D eigenvalue weighted by Crippen LogP contribution is 2.27. The van der Waals surface area contributed by atoms with Crippen molar-refractivity contribution in [3.8, 4) is 0 Å². The standard InChI is InChI=1S/C18H28N2O2/c1-13(2)17(14-7-5-4-6-8-14)20(3)18(22)19-15-9-11-16(21)12-10-15/h4-8,13,15-17,21H,9-12H2,1-3H3,(H,19,22). The Bertz CT molecular complexity index is 467. The molecule has 22 heavy (non-hydrogen) atoms. The van der Waals surface area contributed by atoms with E-state index in [0.29, 0.717) is 5.92 Å². The van der Waals surface area contributed by atoms with Gasteiger partial charge in [-0.25, -0.2) is 4.79 Å². The number of hydrogen-bond acceptors (Lipinski definition) is 2. The highest BCUT2D eigenvalue weighted by atomic mass is 16.3. The number of aliphatic hydroxyl groups is 1. The first-order valence-corrected chi connectivity index (χ1v) is 8.25. The number of carbonyl (C=O) groups excluding carboxylic acids is 1. The average molecular weight is 304 g/mol. The molecule has 0 aromatic heterocycles. The Balaban J connectivity index is 2.01. The van der Waals surface area contributed by atoms with Crippen LogP contribution in [0, 0.1) is 5.92 Å². The number of benzene rings is 1. The van der Waals surface area contributed by atoms with Gasteiger partial charge in [-0.1, -0.05) is 44.2 Å². The maximum atomic E-state index is 12.6. The Hall–Kier alpha value is -1.55. The van der Waals surface area contributed by atoms with Crippen LogP contribution in [0.4, 0.5) is 4.79 Å². The van der Waals surface area contributed by atoms with E-state index in [1.807, 2.05) is 30.1 Å². The van der Waals surface area contributed by atoms with E-state index >= 15 is 0 Å². The van der Waals surface area contributed by atoms with E-state index in [4.69, 9.17) is 0 Å². The summed E-state index contributed by atoms with van der Waals surface area (Å²) >= 11 is 0. The molecular formula is C18H28N2O2. The summed E-state index contributed by atoms with van der Waals surface area (Å²) in [6, 6.07) is 10.4. The lowest BCUT2D eigenvalue weighted by molar-refractivity contribution is 0.113. The molecule has 0 radical (unpaired) electrons. The second kappa shape index (κ2) is 7.63. The summed E-state index contributed by atoms with van der Waals surface area (Å²) in [5.41, 5.74) is 1.16. The molecule has 1 aliphatic carbocycles. The fourth-order valence-electron chi connectivity index (χ4n) is 3.33. The number of nitrogens with zero attached hydrogens (tertiary/aromatic N) is 1. The zero-order valence-corrected chi connectivity index (χ0v) is 13.8. The van der Waals surface area contributed by atoms with E-state index in [-0.39, 0.29) is 24.2 Å². The Labute approximate surface area is 133 Å². The van der Waals surface area contributed by atoms with Crippen molar-refractivity contribution < 1.29 is 9.90 Å². The molecular weight excluding hydrogens is 276 g/mol. The summed E-state index contributed by atoms with van der Waals surface area (Å²) in [5.74, 6) is 0.339. The summed E-state index contributed by atoms with van der Waals surface area (Å²) in [5, 5.41) is 12.7. The number of carbonyl (C=O) groups is 1. The van der Waals surface area contributed by atoms with Gasteiger partial charge < -0.3 is 15.3 Å². The van der Waals surface area contributed by atoms with Crippen molar-refractivity contribution in [1.82, 2.24) is 10.2 Å². The first-order valence-electron chi connectivity index (χ1n) is 8.25. The smallest absolute Gasteiger partial charge is 0.317 e. The SMILES string of the molecule is CC(C)C(c1ccccc1)N(C)C(=O)NC1CCC(O)CC1. The van der Waals surface area contributed by atoms with Crippen LogP contribution in [0.15, 0.2) is 30.3 Å². The van der Waals surface area contributed by atoms with Gasteiger partial charge in [-0.2, -0.15) is 0 Å². The van der Waals surface area contributed by atoms with Gasteiger partial charge in [0.15, 0.2) is 0 Å². The Kier molecular flexibility index (Phi) is 5.83. The molecule has 0 bridgehead atoms. The van der Waals surface area contributed by atoms with Gasteiger partial charge in [0.05, 0.1) is 12.1 Å². The van der Waals surface area contributed by atoms with Crippen LogP contribution in [0.1, 0.15) is 51.1 Å². The highest BCUT2D eigenvalue weighted by Gasteiger charge is 2.27. The molecule has 0 saturated heterocycles. The molecule has 1 saturated carbocycles. The predicted molar refractivity (Wildman–Crippen MR) is 88.6 cm³/mol. The normalized spacial score (nSPS) is 23.1. The first-order chi connectivity index (χ1) is 10.5. The minimum atomic E-state index is -0.196. The molecule has 2 amide bonds. The third kappa shape index (κ3) is 4.23. The molecule has 1 unspecified atom stereocenters. The Morgan fingerprint density at radius 3 is 2.32 bits per heavy atom. The molecule has 1 fully saturated rings. The summed E-state index contributed by atoms with van der Waals surface area (Å²) < 4.78 is 0. The maximum absolute atomic E-state index is 12.6. The van der Waals surface area contributed by atoms with Gasteiger partial charge in [0.1, 0.15) is 0 Å². The highest BCUT2D eigenvalue weighted by molar-refractivity contribution is 5.74. The molecule has 0 heterocycles. The van der Waals surface area contributed by atoms with Gasteiger partial charge in [0.2, 0.25) is 0 Å². The quantitative estimate of drug-likeness (QED) is 0.896. The third-order valence-electron chi connectivity index (χ3n) is 4.53. The maximum Gasteiger partial charge on any atom is 0.317 e. The lowest BCUT2D eigenvalue weighted by atomic mass is 9.93. The lowest BCUT2D eigenvalue weighted by Crippen LogP contribution is -2.47. The largest absolute Gasteiger partial charge is 0.393 e. The Morgan fingerprint density at radius 1 is 1.18 bits per heavy atom. The third-order valence-corrected chi connectivity index (χ3v) is 4.53. The number of rotatable bonds is 4. The van der Waals surface area contributed by atoms with E-state index in [1.54, 1.807) is 0 Å². The molecule has 122 valence electrons. The predicted octanol–water partition coefficient (Wildman–Crippen LogP) is 3.33. The fourth-order valence-corrected chi connectivity index (χ4v) is 3.33. The van der Waals surface area contributed by atoms with Crippen LogP contribution in [0.5, 0.6) is 0 Å². The second-order valence-electron chi connectivity index (χ2n) is 6.67. The number of amides is 2. The van der Waals surface area contributed by atoms with E-state index < -0.39 is 0 Å². The van der Waals surface area contributed by atoms with Gasteiger partial charge in [0.25, 0.3) is 0 Å². The average Bonchev–Trinajstić information content (AvgIpc) is 2.50. The van der Waals surface area contributed by atoms with Crippen molar-refractivity contribution >= 4 is 6.03 Å². The van der Waals surface area contributed by atoms with E-state index in [0.717, 1.165) is 31.2 Å². The van der Waals surface area contributed by atoms with Crippen molar-refractivity contribution in [3.05, 3.63) is 35.9 Å². The zero-order valence-electron chi connectivity index (χ0n) is 13.8. The number of nitrogens with one attached hydrogen (secondary N) is 1. The first kappa shape index (κ1) is 16.8. The van der Waals surface area contributed by atoms with Crippen molar-refractivity contribution in [1.29, 1.82) is 0 Å². The molecule has 0 spiro atoms. The van der Waals surface area contributed by atoms with Crippen LogP contribution in [-0.2, 0) is 0 Å². The topological polar surface area (TPSA) is 52.6 Å². The summed E-state index contributed by atoms with van der Waals surface area (Å²) in [6.45, 7) is 4.27. The van der Waals surface area contributed by atoms with Crippen LogP contribution < -0.4 is 5.32 Å². The van der Waals surface area contributed by atoms with E-state index in [1.165, 1.54) is 0 Å². The number of aliphatic hydroxyl groups excluding tert-OH is 1. The van der Waals surface area contributed by atoms with Crippen LogP contribution in [0.2, 0.25) is 0 Å². The molecule has 2 N–H and O–H groups in total. The Morgan fingerprint density at radius 2 is 1.77 bits per heavy atom. The zero-order chi connectivity index (χ0) is 16.1. The van der Waals surface area contributed by atoms with Crippen molar-refractivity contribution in [3.63, 3.8) is 0 Å². The number of urea groups is 1. The van der Waals surface area contributed by atoms with Crippen molar-refractivity contribution in [2.75, 3.05) is 7.05 Å². The van der Waals surface area contributed by atoms with Crippen LogP contribution in [-0.4, -0.2) is 35.2 Å². The molecule has 2 rings (SSSR count). The minimum absolute atomic E-state index is 0.0241. The van der Waals surface area contributed by atoms with Crippen LogP contribution in [0.3, 0.4) is 0 Å². The number of hydrogen-bond donors (Lipinski definition) is 2. The van der Waals surface area contributed by atoms with Gasteiger partial charge in [0, 0.05) is 13.1 Å². The van der Waals surface area contributed by atoms with Gasteiger partial charge in [-0.05, 0) is 37.2 Å². The fraction of sp³-hybridized carbons (Fsp3) is 0.611. The van der Waals surface area contributed by atoms with E-state index in [2.05, 4.69) is 31.3 Å². The second-order valence-corrected chi connectivity index (χ2v) is 6.67. The van der Waals surface area contributed by atoms with Crippen LogP contribution in [0.25, 0.3) is 0 Å². The summed E-state index contributed by atoms with van der Waals surface area (Å²) in [4.78, 5) is 14.4. The summed E-state index contributed by atoms with van der Waals surface area (Å²) in [6.07, 6.45) is 3.08. The molecule has 1 aliphatic rings. The monoisotopic (exact) mass is 304 g/mol. The summed E-state index contributed by atoms with van der Waals surface area (Å²) in [7, 11) is 1.87. The van der Waals surface area contributed by atoms with Gasteiger partial charge >= 0.3 is 6.03 Å². The van der Waals surface area contributed by atoms with E-state index in [9.17, 15) is 9.90 Å². The molecule has 1 aromatic carbocycles. The van der Waals surface area contributed by atoms with Gasteiger partial charge in [-0.3, -0.25) is 0 Å². The lowest BCUT2D eigenvalue weighted by Gasteiger charge is -2.34. The molecule has 1 aromatic rings. The van der Waals surface area contributed by atoms with Crippen molar-refractivity contribution in [2.45, 2.75) is 57.7 Å². The molecule has 4 heteroatoms. The minimum Gasteiger partial charge on any atom is -0.393 e. The molecule has 0 aliphatic heterocycles.